The molecule has 4 atom stereocenters. The first-order valence-corrected chi connectivity index (χ1v) is 12.6. The van der Waals surface area contributed by atoms with Crippen LogP contribution in [0.15, 0.2) is 17.0 Å². The number of ether oxygens (including phenoxy) is 1. The molecule has 2 aliphatic rings. The lowest BCUT2D eigenvalue weighted by atomic mass is 9.77. The second-order valence-corrected chi connectivity index (χ2v) is 12.3. The Labute approximate surface area is 193 Å². The van der Waals surface area contributed by atoms with Gasteiger partial charge in [0.1, 0.15) is 0 Å². The molecule has 3 rings (SSSR count). The third-order valence-corrected chi connectivity index (χ3v) is 9.08. The minimum Gasteiger partial charge on any atom is -0.483 e. The molecule has 182 valence electrons. The van der Waals surface area contributed by atoms with Crippen LogP contribution in [0.3, 0.4) is 0 Å². The van der Waals surface area contributed by atoms with Crippen LogP contribution in [0.1, 0.15) is 50.3 Å². The molecule has 0 amide bonds. The number of hydrogen-bond donors (Lipinski definition) is 1. The topological polar surface area (TPSA) is 87.2 Å². The number of carbonyl (C=O) groups is 1. The third kappa shape index (κ3) is 5.53. The highest BCUT2D eigenvalue weighted by molar-refractivity contribution is 7.89. The molecule has 32 heavy (non-hydrogen) atoms. The van der Waals surface area contributed by atoms with Crippen LogP contribution < -0.4 is 0 Å². The number of methoxy groups -OCH3 is 1. The summed E-state index contributed by atoms with van der Waals surface area (Å²) in [5.41, 5.74) is 2.89. The second-order valence-electron chi connectivity index (χ2n) is 10.4. The number of aryl methyl sites for hydroxylation is 1. The molecular formula is C24H40N2O5S. The van der Waals surface area contributed by atoms with Gasteiger partial charge in [-0.15, -0.1) is 0 Å². The van der Waals surface area contributed by atoms with E-state index in [0.29, 0.717) is 35.9 Å². The zero-order chi connectivity index (χ0) is 24.4. The van der Waals surface area contributed by atoms with Gasteiger partial charge in [-0.1, -0.05) is 26.8 Å². The van der Waals surface area contributed by atoms with Gasteiger partial charge in [0.2, 0.25) is 10.0 Å². The summed E-state index contributed by atoms with van der Waals surface area (Å²) in [5, 5.41) is 6.89. The molecule has 1 aliphatic heterocycles. The van der Waals surface area contributed by atoms with Gasteiger partial charge < -0.3 is 14.7 Å². The van der Waals surface area contributed by atoms with Crippen molar-refractivity contribution in [1.29, 1.82) is 0 Å². The van der Waals surface area contributed by atoms with E-state index in [1.165, 1.54) is 0 Å². The van der Waals surface area contributed by atoms with Crippen molar-refractivity contribution in [2.75, 3.05) is 34.3 Å². The summed E-state index contributed by atoms with van der Waals surface area (Å²) in [5.74, 6) is 0.772. The fourth-order valence-electron chi connectivity index (χ4n) is 5.01. The van der Waals surface area contributed by atoms with Crippen LogP contribution in [-0.2, 0) is 25.0 Å². The number of sulfonamides is 1. The molecule has 1 aromatic rings. The Morgan fingerprint density at radius 2 is 1.66 bits per heavy atom. The van der Waals surface area contributed by atoms with Gasteiger partial charge in [0.05, 0.1) is 11.0 Å². The molecule has 7 nitrogen and oxygen atoms in total. The molecule has 0 bridgehead atoms. The average Bonchev–Trinajstić information content (AvgIpc) is 3.12. The van der Waals surface area contributed by atoms with Gasteiger partial charge in [-0.25, -0.2) is 8.42 Å². The van der Waals surface area contributed by atoms with Gasteiger partial charge in [-0.2, -0.15) is 4.31 Å². The normalized spacial score (nSPS) is 26.4. The van der Waals surface area contributed by atoms with Gasteiger partial charge >= 0.3 is 0 Å². The van der Waals surface area contributed by atoms with E-state index < -0.39 is 10.0 Å². The molecule has 0 radical (unpaired) electrons. The molecule has 0 unspecified atom stereocenters. The number of rotatable bonds is 4. The van der Waals surface area contributed by atoms with Crippen LogP contribution in [0.5, 0.6) is 0 Å². The van der Waals surface area contributed by atoms with E-state index in [9.17, 15) is 8.42 Å². The molecule has 0 aromatic heterocycles. The van der Waals surface area contributed by atoms with E-state index in [0.717, 1.165) is 29.5 Å². The Morgan fingerprint density at radius 3 is 2.12 bits per heavy atom. The van der Waals surface area contributed by atoms with Crippen molar-refractivity contribution in [3.8, 4) is 0 Å². The predicted octanol–water partition coefficient (Wildman–Crippen LogP) is 3.28. The maximum Gasteiger partial charge on any atom is 0.290 e. The molecule has 1 aromatic carbocycles. The summed E-state index contributed by atoms with van der Waals surface area (Å²) in [6, 6.07) is 4.38. The predicted molar refractivity (Wildman–Crippen MR) is 127 cm³/mol. The Balaban J connectivity index is 0.00000114. The van der Waals surface area contributed by atoms with Gasteiger partial charge in [0.15, 0.2) is 0 Å². The van der Waals surface area contributed by atoms with Gasteiger partial charge in [-0.05, 0) is 80.8 Å². The van der Waals surface area contributed by atoms with Gasteiger partial charge in [-0.3, -0.25) is 4.79 Å². The molecule has 0 spiro atoms. The molecule has 2 fully saturated rings. The molecule has 1 saturated carbocycles. The number of fused-ring (bicyclic) bond motifs is 1. The van der Waals surface area contributed by atoms with Crippen molar-refractivity contribution in [1.82, 2.24) is 9.21 Å². The highest BCUT2D eigenvalue weighted by atomic mass is 32.2. The van der Waals surface area contributed by atoms with Crippen LogP contribution in [0.2, 0.25) is 0 Å². The number of carboxylic acid groups (broad SMARTS) is 1. The summed E-state index contributed by atoms with van der Waals surface area (Å²) in [6.45, 7) is 11.3. The SMILES string of the molecule is CO[C@@H]1C[C@H]2CN(S(=O)(=O)c3cc(C(C)(C)C)cc(C)c3C)C[C@H]2C[C@H]1N(C)C.O=CO. The minimum absolute atomic E-state index is 0.0909. The van der Waals surface area contributed by atoms with E-state index in [-0.39, 0.29) is 18.0 Å². The summed E-state index contributed by atoms with van der Waals surface area (Å²) in [6.07, 6.45) is 2.08. The molecule has 8 heteroatoms. The molecule has 1 aliphatic carbocycles. The zero-order valence-corrected chi connectivity index (χ0v) is 21.6. The van der Waals surface area contributed by atoms with E-state index in [1.54, 1.807) is 11.4 Å². The Morgan fingerprint density at radius 1 is 1.12 bits per heavy atom. The largest absolute Gasteiger partial charge is 0.483 e. The van der Waals surface area contributed by atoms with E-state index in [1.807, 2.05) is 19.9 Å². The third-order valence-electron chi connectivity index (χ3n) is 7.12. The van der Waals surface area contributed by atoms with E-state index in [2.05, 4.69) is 45.8 Å². The standard InChI is InChI=1S/C23H38N2O3S.CH2O2/c1-15-9-19(23(3,4)5)12-22(16(15)2)29(26,27)25-13-17-10-20(24(6)7)21(28-8)11-18(17)14-25;2-1-3/h9,12,17-18,20-21H,10-11,13-14H2,1-8H3;1H,(H,2,3)/t17-,18+,20-,21-;/m1./s1. The van der Waals surface area contributed by atoms with Crippen molar-refractivity contribution in [3.05, 3.63) is 28.8 Å². The summed E-state index contributed by atoms with van der Waals surface area (Å²) in [7, 11) is 2.43. The quantitative estimate of drug-likeness (QED) is 0.683. The van der Waals surface area contributed by atoms with Crippen molar-refractivity contribution in [2.45, 2.75) is 69.9 Å². The molecule has 1 saturated heterocycles. The zero-order valence-electron chi connectivity index (χ0n) is 20.8. The second kappa shape index (κ2) is 10.2. The fraction of sp³-hybridized carbons (Fsp3) is 0.708. The fourth-order valence-corrected chi connectivity index (χ4v) is 6.88. The van der Waals surface area contributed by atoms with Crippen molar-refractivity contribution >= 4 is 16.5 Å². The number of hydrogen-bond acceptors (Lipinski definition) is 5. The Kier molecular flexibility index (Phi) is 8.53. The van der Waals surface area contributed by atoms with Crippen LogP contribution in [0, 0.1) is 25.7 Å². The first-order chi connectivity index (χ1) is 14.8. The first kappa shape index (κ1) is 26.8. The summed E-state index contributed by atoms with van der Waals surface area (Å²) < 4.78 is 34.9. The smallest absolute Gasteiger partial charge is 0.290 e. The lowest BCUT2D eigenvalue weighted by Gasteiger charge is -2.40. The molecular weight excluding hydrogens is 428 g/mol. The van der Waals surface area contributed by atoms with Crippen molar-refractivity contribution < 1.29 is 23.1 Å². The number of nitrogens with zero attached hydrogens (tertiary/aromatic N) is 2. The summed E-state index contributed by atoms with van der Waals surface area (Å²) in [4.78, 5) is 11.1. The van der Waals surface area contributed by atoms with Gasteiger partial charge in [0, 0.05) is 26.2 Å². The average molecular weight is 469 g/mol. The van der Waals surface area contributed by atoms with Crippen molar-refractivity contribution in [2.24, 2.45) is 11.8 Å². The highest BCUT2D eigenvalue weighted by Gasteiger charge is 2.46. The summed E-state index contributed by atoms with van der Waals surface area (Å²) >= 11 is 0. The minimum atomic E-state index is -3.52. The molecule has 1 heterocycles. The highest BCUT2D eigenvalue weighted by Crippen LogP contribution is 2.41. The maximum absolute atomic E-state index is 13.7. The Bertz CT molecular complexity index is 908. The Hall–Kier alpha value is -1.48. The van der Waals surface area contributed by atoms with Crippen LogP contribution in [-0.4, -0.2) is 75.6 Å². The van der Waals surface area contributed by atoms with Crippen LogP contribution >= 0.6 is 0 Å². The van der Waals surface area contributed by atoms with E-state index >= 15 is 0 Å². The first-order valence-electron chi connectivity index (χ1n) is 11.2. The number of benzene rings is 1. The van der Waals surface area contributed by atoms with Crippen molar-refractivity contribution in [3.63, 3.8) is 0 Å². The lowest BCUT2D eigenvalue weighted by molar-refractivity contribution is -0.122. The molecule has 1 N–H and O–H groups in total. The van der Waals surface area contributed by atoms with Crippen LogP contribution in [0.25, 0.3) is 0 Å². The van der Waals surface area contributed by atoms with Crippen LogP contribution in [0.4, 0.5) is 0 Å². The van der Waals surface area contributed by atoms with Gasteiger partial charge in [0.25, 0.3) is 6.47 Å². The number of likely N-dealkylation sites (N-methyl/N-ethyl adjacent to an activating group) is 1. The lowest BCUT2D eigenvalue weighted by Crippen LogP contribution is -2.47. The monoisotopic (exact) mass is 468 g/mol. The van der Waals surface area contributed by atoms with E-state index in [4.69, 9.17) is 14.6 Å². The maximum atomic E-state index is 13.7.